The van der Waals surface area contributed by atoms with E-state index in [0.717, 1.165) is 40.9 Å². The molecule has 3 aromatic heterocycles. The third kappa shape index (κ3) is 4.08. The molecule has 1 aliphatic rings. The number of carbonyl (C=O) groups is 1. The lowest BCUT2D eigenvalue weighted by Crippen LogP contribution is -2.36. The summed E-state index contributed by atoms with van der Waals surface area (Å²) in [7, 11) is 0. The summed E-state index contributed by atoms with van der Waals surface area (Å²) in [4.78, 5) is 28.6. The summed E-state index contributed by atoms with van der Waals surface area (Å²) in [6.45, 7) is 3.11. The summed E-state index contributed by atoms with van der Waals surface area (Å²) in [5, 5.41) is 3.72. The normalized spacial score (nSPS) is 13.9. The van der Waals surface area contributed by atoms with Gasteiger partial charge in [-0.3, -0.25) is 9.78 Å². The molecule has 31 heavy (non-hydrogen) atoms. The van der Waals surface area contributed by atoms with Gasteiger partial charge in [0.1, 0.15) is 5.82 Å². The second kappa shape index (κ2) is 8.49. The van der Waals surface area contributed by atoms with E-state index in [2.05, 4.69) is 20.2 Å². The molecule has 1 aliphatic heterocycles. The lowest BCUT2D eigenvalue weighted by Gasteiger charge is -2.28. The summed E-state index contributed by atoms with van der Waals surface area (Å²) < 4.78 is 5.40. The Kier molecular flexibility index (Phi) is 5.24. The minimum atomic E-state index is -0.222. The van der Waals surface area contributed by atoms with Crippen molar-refractivity contribution in [2.75, 3.05) is 36.5 Å². The molecule has 0 spiro atoms. The summed E-state index contributed by atoms with van der Waals surface area (Å²) >= 11 is 0. The maximum Gasteiger partial charge on any atom is 0.257 e. The van der Waals surface area contributed by atoms with Gasteiger partial charge in [0.25, 0.3) is 5.91 Å². The van der Waals surface area contributed by atoms with Gasteiger partial charge < -0.3 is 15.0 Å². The van der Waals surface area contributed by atoms with Gasteiger partial charge in [-0.1, -0.05) is 18.2 Å². The predicted octanol–water partition coefficient (Wildman–Crippen LogP) is 3.78. The summed E-state index contributed by atoms with van der Waals surface area (Å²) in [6.07, 6.45) is 5.21. The number of pyridine rings is 3. The Bertz CT molecular complexity index is 1210. The number of para-hydroxylation sites is 1. The third-order valence-electron chi connectivity index (χ3n) is 5.30. The fourth-order valence-electron chi connectivity index (χ4n) is 3.69. The van der Waals surface area contributed by atoms with Gasteiger partial charge in [0, 0.05) is 36.4 Å². The average molecular weight is 411 g/mol. The van der Waals surface area contributed by atoms with Crippen molar-refractivity contribution in [2.24, 2.45) is 0 Å². The number of anilines is 2. The molecule has 5 rings (SSSR count). The Morgan fingerprint density at radius 3 is 2.58 bits per heavy atom. The molecule has 4 aromatic rings. The van der Waals surface area contributed by atoms with E-state index < -0.39 is 0 Å². The number of fused-ring (bicyclic) bond motifs is 1. The van der Waals surface area contributed by atoms with Crippen LogP contribution in [-0.2, 0) is 4.74 Å². The number of amides is 1. The van der Waals surface area contributed by atoms with Crippen molar-refractivity contribution in [1.82, 2.24) is 15.0 Å². The van der Waals surface area contributed by atoms with Gasteiger partial charge in [-0.2, -0.15) is 0 Å². The molecule has 7 nitrogen and oxygen atoms in total. The lowest BCUT2D eigenvalue weighted by atomic mass is 10.0. The minimum absolute atomic E-state index is 0.222. The summed E-state index contributed by atoms with van der Waals surface area (Å²) in [6, 6.07) is 17.0. The van der Waals surface area contributed by atoms with E-state index in [0.29, 0.717) is 24.6 Å². The first-order valence-electron chi connectivity index (χ1n) is 10.2. The molecule has 1 saturated heterocycles. The number of hydrogen-bond donors (Lipinski definition) is 1. The van der Waals surface area contributed by atoms with Crippen LogP contribution < -0.4 is 10.2 Å². The Balaban J connectivity index is 1.44. The zero-order valence-electron chi connectivity index (χ0n) is 16.9. The molecular formula is C24H21N5O2. The number of carbonyl (C=O) groups excluding carboxylic acids is 1. The smallest absolute Gasteiger partial charge is 0.257 e. The Morgan fingerprint density at radius 2 is 1.81 bits per heavy atom. The quantitative estimate of drug-likeness (QED) is 0.551. The van der Waals surface area contributed by atoms with E-state index in [1.165, 1.54) is 0 Å². The summed E-state index contributed by atoms with van der Waals surface area (Å²) in [5.41, 5.74) is 3.97. The zero-order chi connectivity index (χ0) is 21.0. The fourth-order valence-corrected chi connectivity index (χ4v) is 3.69. The topological polar surface area (TPSA) is 80.2 Å². The number of nitrogens with one attached hydrogen (secondary N) is 1. The van der Waals surface area contributed by atoms with Crippen LogP contribution in [0.4, 0.5) is 11.5 Å². The van der Waals surface area contributed by atoms with Gasteiger partial charge in [-0.25, -0.2) is 9.97 Å². The number of benzene rings is 1. The average Bonchev–Trinajstić information content (AvgIpc) is 2.85. The maximum atomic E-state index is 13.2. The first-order valence-corrected chi connectivity index (χ1v) is 10.2. The highest BCUT2D eigenvalue weighted by Crippen LogP contribution is 2.25. The lowest BCUT2D eigenvalue weighted by molar-refractivity contribution is 0.102. The van der Waals surface area contributed by atoms with E-state index in [1.807, 2.05) is 54.6 Å². The number of aromatic nitrogens is 3. The monoisotopic (exact) mass is 411 g/mol. The molecular weight excluding hydrogens is 390 g/mol. The SMILES string of the molecule is O=C(Nc1ccc(N2CCOCC2)cn1)c1cc(-c2ccncc2)nc2ccccc12. The highest BCUT2D eigenvalue weighted by Gasteiger charge is 2.16. The molecule has 0 radical (unpaired) electrons. The largest absolute Gasteiger partial charge is 0.378 e. The van der Waals surface area contributed by atoms with Gasteiger partial charge in [0.05, 0.1) is 41.9 Å². The molecule has 1 aromatic carbocycles. The van der Waals surface area contributed by atoms with E-state index in [-0.39, 0.29) is 5.91 Å². The molecule has 154 valence electrons. The number of rotatable bonds is 4. The fraction of sp³-hybridized carbons (Fsp3) is 0.167. The maximum absolute atomic E-state index is 13.2. The molecule has 1 amide bonds. The Labute approximate surface area is 179 Å². The second-order valence-corrected chi connectivity index (χ2v) is 7.26. The predicted molar refractivity (Wildman–Crippen MR) is 120 cm³/mol. The van der Waals surface area contributed by atoms with Gasteiger partial charge >= 0.3 is 0 Å². The highest BCUT2D eigenvalue weighted by molar-refractivity contribution is 6.12. The van der Waals surface area contributed by atoms with E-state index in [1.54, 1.807) is 18.6 Å². The number of morpholine rings is 1. The Hall–Kier alpha value is -3.84. The molecule has 0 aliphatic carbocycles. The van der Waals surface area contributed by atoms with Crippen LogP contribution in [0, 0.1) is 0 Å². The standard InChI is InChI=1S/C24H21N5O2/c30-24(28-23-6-5-18(16-26-23)29-11-13-31-14-12-29)20-15-22(17-7-9-25-10-8-17)27-21-4-2-1-3-19(20)21/h1-10,15-16H,11-14H2,(H,26,28,30). The molecule has 0 saturated carbocycles. The number of nitrogens with zero attached hydrogens (tertiary/aromatic N) is 4. The first kappa shape index (κ1) is 19.1. The van der Waals surface area contributed by atoms with Crippen molar-refractivity contribution in [3.8, 4) is 11.3 Å². The van der Waals surface area contributed by atoms with Crippen LogP contribution in [0.5, 0.6) is 0 Å². The van der Waals surface area contributed by atoms with Crippen LogP contribution in [0.1, 0.15) is 10.4 Å². The van der Waals surface area contributed by atoms with Crippen molar-refractivity contribution >= 4 is 28.3 Å². The van der Waals surface area contributed by atoms with Crippen molar-refractivity contribution in [1.29, 1.82) is 0 Å². The number of ether oxygens (including phenoxy) is 1. The molecule has 4 heterocycles. The van der Waals surface area contributed by atoms with Crippen molar-refractivity contribution in [3.63, 3.8) is 0 Å². The molecule has 1 fully saturated rings. The molecule has 0 bridgehead atoms. The van der Waals surface area contributed by atoms with Crippen LogP contribution in [-0.4, -0.2) is 47.2 Å². The molecule has 1 N–H and O–H groups in total. The highest BCUT2D eigenvalue weighted by atomic mass is 16.5. The van der Waals surface area contributed by atoms with Crippen LogP contribution in [0.15, 0.2) is 73.2 Å². The van der Waals surface area contributed by atoms with Crippen LogP contribution >= 0.6 is 0 Å². The minimum Gasteiger partial charge on any atom is -0.378 e. The Morgan fingerprint density at radius 1 is 1.00 bits per heavy atom. The second-order valence-electron chi connectivity index (χ2n) is 7.26. The van der Waals surface area contributed by atoms with Crippen molar-refractivity contribution in [3.05, 3.63) is 78.8 Å². The molecule has 0 atom stereocenters. The van der Waals surface area contributed by atoms with Gasteiger partial charge in [-0.15, -0.1) is 0 Å². The van der Waals surface area contributed by atoms with E-state index in [9.17, 15) is 4.79 Å². The van der Waals surface area contributed by atoms with E-state index in [4.69, 9.17) is 9.72 Å². The molecule has 0 unspecified atom stereocenters. The first-order chi connectivity index (χ1) is 15.3. The van der Waals surface area contributed by atoms with Crippen molar-refractivity contribution < 1.29 is 9.53 Å². The number of hydrogen-bond acceptors (Lipinski definition) is 6. The van der Waals surface area contributed by atoms with E-state index >= 15 is 0 Å². The molecule has 7 heteroatoms. The van der Waals surface area contributed by atoms with Crippen LogP contribution in [0.3, 0.4) is 0 Å². The van der Waals surface area contributed by atoms with Crippen molar-refractivity contribution in [2.45, 2.75) is 0 Å². The van der Waals surface area contributed by atoms with Gasteiger partial charge in [0.15, 0.2) is 0 Å². The third-order valence-corrected chi connectivity index (χ3v) is 5.30. The summed E-state index contributed by atoms with van der Waals surface area (Å²) in [5.74, 6) is 0.286. The van der Waals surface area contributed by atoms with Crippen LogP contribution in [0.25, 0.3) is 22.2 Å². The van der Waals surface area contributed by atoms with Gasteiger partial charge in [-0.05, 0) is 36.4 Å². The van der Waals surface area contributed by atoms with Gasteiger partial charge in [0.2, 0.25) is 0 Å². The zero-order valence-corrected chi connectivity index (χ0v) is 16.9. The van der Waals surface area contributed by atoms with Crippen LogP contribution in [0.2, 0.25) is 0 Å².